The largest absolute Gasteiger partial charge is 0.357 e. The first-order valence-electron chi connectivity index (χ1n) is 7.37. The summed E-state index contributed by atoms with van der Waals surface area (Å²) in [5, 5.41) is 7.47. The monoisotopic (exact) mass is 420 g/mol. The first-order chi connectivity index (χ1) is 10.1. The van der Waals surface area contributed by atoms with Crippen molar-refractivity contribution < 1.29 is 4.79 Å². The van der Waals surface area contributed by atoms with Crippen molar-refractivity contribution >= 4 is 35.8 Å². The fourth-order valence-corrected chi connectivity index (χ4v) is 2.37. The normalized spacial score (nSPS) is 15.5. The Labute approximate surface area is 148 Å². The summed E-state index contributed by atoms with van der Waals surface area (Å²) >= 11 is 0. The first kappa shape index (κ1) is 18.7. The van der Waals surface area contributed by atoms with Crippen LogP contribution in [0.1, 0.15) is 19.5 Å². The molecule has 0 atom stereocenters. The average molecular weight is 420 g/mol. The molecule has 0 aromatic carbocycles. The van der Waals surface area contributed by atoms with E-state index in [-0.39, 0.29) is 29.9 Å². The van der Waals surface area contributed by atoms with E-state index in [1.165, 1.54) is 0 Å². The summed E-state index contributed by atoms with van der Waals surface area (Å²) in [5.74, 6) is 1.05. The smallest absolute Gasteiger partial charge is 0.219 e. The summed E-state index contributed by atoms with van der Waals surface area (Å²) in [6.07, 6.45) is 1.78. The number of hydrogen-bond acceptors (Lipinski definition) is 3. The van der Waals surface area contributed by atoms with Crippen LogP contribution in [0.2, 0.25) is 0 Å². The van der Waals surface area contributed by atoms with Crippen LogP contribution in [-0.2, 0) is 18.4 Å². The second-order valence-electron chi connectivity index (χ2n) is 5.11. The van der Waals surface area contributed by atoms with Gasteiger partial charge in [-0.15, -0.1) is 24.0 Å². The summed E-state index contributed by atoms with van der Waals surface area (Å²) in [6.45, 7) is 8.26. The molecule has 0 saturated carbocycles. The molecule has 1 aliphatic rings. The second kappa shape index (κ2) is 8.96. The third-order valence-corrected chi connectivity index (χ3v) is 3.67. The molecule has 0 unspecified atom stereocenters. The molecule has 1 aromatic heterocycles. The van der Waals surface area contributed by atoms with Crippen LogP contribution in [0.3, 0.4) is 0 Å². The first-order valence-corrected chi connectivity index (χ1v) is 7.37. The van der Waals surface area contributed by atoms with E-state index in [1.54, 1.807) is 13.1 Å². The van der Waals surface area contributed by atoms with Gasteiger partial charge in [0.15, 0.2) is 5.96 Å². The van der Waals surface area contributed by atoms with Crippen molar-refractivity contribution in [3.63, 3.8) is 0 Å². The van der Waals surface area contributed by atoms with Gasteiger partial charge in [-0.2, -0.15) is 5.10 Å². The number of carbonyl (C=O) groups is 1. The number of amides is 1. The number of carbonyl (C=O) groups excluding carboxylic acids is 1. The molecule has 0 spiro atoms. The van der Waals surface area contributed by atoms with Gasteiger partial charge in [0.1, 0.15) is 0 Å². The number of halogens is 1. The lowest BCUT2D eigenvalue weighted by atomic mass is 10.3. The van der Waals surface area contributed by atoms with Crippen molar-refractivity contribution in [3.05, 3.63) is 18.0 Å². The van der Waals surface area contributed by atoms with Crippen LogP contribution in [0, 0.1) is 0 Å². The molecular weight excluding hydrogens is 395 g/mol. The van der Waals surface area contributed by atoms with Crippen molar-refractivity contribution in [1.29, 1.82) is 0 Å². The third-order valence-electron chi connectivity index (χ3n) is 3.67. The highest BCUT2D eigenvalue weighted by molar-refractivity contribution is 14.0. The highest BCUT2D eigenvalue weighted by atomic mass is 127. The third kappa shape index (κ3) is 4.85. The van der Waals surface area contributed by atoms with Crippen molar-refractivity contribution in [2.75, 3.05) is 32.7 Å². The van der Waals surface area contributed by atoms with Crippen LogP contribution in [-0.4, -0.2) is 64.2 Å². The molecule has 0 aliphatic carbocycles. The van der Waals surface area contributed by atoms with Gasteiger partial charge < -0.3 is 15.1 Å². The minimum Gasteiger partial charge on any atom is -0.357 e. The molecule has 1 aliphatic heterocycles. The maximum Gasteiger partial charge on any atom is 0.219 e. The maximum absolute atomic E-state index is 11.4. The van der Waals surface area contributed by atoms with Crippen molar-refractivity contribution in [3.8, 4) is 0 Å². The van der Waals surface area contributed by atoms with Gasteiger partial charge >= 0.3 is 0 Å². The van der Waals surface area contributed by atoms with E-state index in [4.69, 9.17) is 0 Å². The van der Waals surface area contributed by atoms with Crippen molar-refractivity contribution in [1.82, 2.24) is 24.9 Å². The molecule has 1 fully saturated rings. The summed E-state index contributed by atoms with van der Waals surface area (Å²) in [7, 11) is 1.92. The van der Waals surface area contributed by atoms with E-state index < -0.39 is 0 Å². The van der Waals surface area contributed by atoms with Crippen LogP contribution in [0.5, 0.6) is 0 Å². The Kier molecular flexibility index (Phi) is 7.63. The fraction of sp³-hybridized carbons (Fsp3) is 0.643. The SMILES string of the molecule is CCNC(=NCc1ccnn1C)N1CCN(C(C)=O)CC1.I. The zero-order valence-corrected chi connectivity index (χ0v) is 15.8. The van der Waals surface area contributed by atoms with Crippen LogP contribution < -0.4 is 5.32 Å². The number of piperazine rings is 1. The molecule has 0 radical (unpaired) electrons. The number of rotatable bonds is 3. The summed E-state index contributed by atoms with van der Waals surface area (Å²) < 4.78 is 1.83. The lowest BCUT2D eigenvalue weighted by Gasteiger charge is -2.36. The van der Waals surface area contributed by atoms with Gasteiger partial charge in [0, 0.05) is 52.9 Å². The highest BCUT2D eigenvalue weighted by Crippen LogP contribution is 2.04. The van der Waals surface area contributed by atoms with E-state index >= 15 is 0 Å². The van der Waals surface area contributed by atoms with E-state index in [0.717, 1.165) is 44.4 Å². The molecule has 22 heavy (non-hydrogen) atoms. The van der Waals surface area contributed by atoms with E-state index in [9.17, 15) is 4.79 Å². The zero-order valence-electron chi connectivity index (χ0n) is 13.4. The number of nitrogens with zero attached hydrogens (tertiary/aromatic N) is 5. The quantitative estimate of drug-likeness (QED) is 0.444. The molecule has 1 N–H and O–H groups in total. The Bertz CT molecular complexity index is 507. The minimum atomic E-state index is 0. The lowest BCUT2D eigenvalue weighted by molar-refractivity contribution is -0.130. The predicted octanol–water partition coefficient (Wildman–Crippen LogP) is 0.668. The van der Waals surface area contributed by atoms with Crippen molar-refractivity contribution in [2.24, 2.45) is 12.0 Å². The van der Waals surface area contributed by atoms with E-state index in [2.05, 4.69) is 27.2 Å². The van der Waals surface area contributed by atoms with Crippen molar-refractivity contribution in [2.45, 2.75) is 20.4 Å². The van der Waals surface area contributed by atoms with Crippen LogP contribution >= 0.6 is 24.0 Å². The Morgan fingerprint density at radius 3 is 2.45 bits per heavy atom. The van der Waals surface area contributed by atoms with Gasteiger partial charge in [0.05, 0.1) is 12.2 Å². The molecule has 124 valence electrons. The number of aliphatic imine (C=N–C) groups is 1. The maximum atomic E-state index is 11.4. The standard InChI is InChI=1S/C14H24N6O.HI/c1-4-15-14(16-11-13-5-6-17-18(13)3)20-9-7-19(8-10-20)12(2)21;/h5-6H,4,7-11H2,1-3H3,(H,15,16);1H. The molecule has 1 amide bonds. The minimum absolute atomic E-state index is 0. The summed E-state index contributed by atoms with van der Waals surface area (Å²) in [5.41, 5.74) is 1.08. The van der Waals surface area contributed by atoms with Crippen LogP contribution in [0.15, 0.2) is 17.3 Å². The molecule has 1 saturated heterocycles. The van der Waals surface area contributed by atoms with Gasteiger partial charge in [0.2, 0.25) is 5.91 Å². The molecular formula is C14H25IN6O. The molecule has 2 heterocycles. The molecule has 2 rings (SSSR count). The number of aromatic nitrogens is 2. The van der Waals surface area contributed by atoms with Gasteiger partial charge in [0.25, 0.3) is 0 Å². The molecule has 8 heteroatoms. The van der Waals surface area contributed by atoms with Gasteiger partial charge in [-0.25, -0.2) is 4.99 Å². The number of aryl methyl sites for hydroxylation is 1. The Hall–Kier alpha value is -1.32. The van der Waals surface area contributed by atoms with Gasteiger partial charge in [-0.05, 0) is 13.0 Å². The topological polar surface area (TPSA) is 65.8 Å². The second-order valence-corrected chi connectivity index (χ2v) is 5.11. The Morgan fingerprint density at radius 2 is 1.95 bits per heavy atom. The predicted molar refractivity (Wildman–Crippen MR) is 97.3 cm³/mol. The zero-order chi connectivity index (χ0) is 15.2. The van der Waals surface area contributed by atoms with E-state index in [1.807, 2.05) is 22.7 Å². The number of guanidine groups is 1. The molecule has 1 aromatic rings. The highest BCUT2D eigenvalue weighted by Gasteiger charge is 2.20. The number of nitrogens with one attached hydrogen (secondary N) is 1. The molecule has 7 nitrogen and oxygen atoms in total. The Morgan fingerprint density at radius 1 is 1.32 bits per heavy atom. The number of hydrogen-bond donors (Lipinski definition) is 1. The fourth-order valence-electron chi connectivity index (χ4n) is 2.37. The van der Waals surface area contributed by atoms with Crippen LogP contribution in [0.25, 0.3) is 0 Å². The van der Waals surface area contributed by atoms with Gasteiger partial charge in [-0.1, -0.05) is 0 Å². The summed E-state index contributed by atoms with van der Waals surface area (Å²) in [6, 6.07) is 1.97. The van der Waals surface area contributed by atoms with Crippen LogP contribution in [0.4, 0.5) is 0 Å². The average Bonchev–Trinajstić information content (AvgIpc) is 2.89. The van der Waals surface area contributed by atoms with Gasteiger partial charge in [-0.3, -0.25) is 9.48 Å². The Balaban J connectivity index is 0.00000242. The summed E-state index contributed by atoms with van der Waals surface area (Å²) in [4.78, 5) is 20.1. The van der Waals surface area contributed by atoms with E-state index in [0.29, 0.717) is 6.54 Å². The lowest BCUT2D eigenvalue weighted by Crippen LogP contribution is -2.53. The molecule has 0 bridgehead atoms.